The average molecular weight is 337 g/mol. The lowest BCUT2D eigenvalue weighted by atomic mass is 10.0. The quantitative estimate of drug-likeness (QED) is 0.380. The van der Waals surface area contributed by atoms with Gasteiger partial charge in [-0.15, -0.1) is 7.92 Å². The molecule has 23 heavy (non-hydrogen) atoms. The molecule has 0 aliphatic rings. The molecule has 0 N–H and O–H groups in total. The molecule has 134 valence electrons. The molecule has 0 unspecified atom stereocenters. The van der Waals surface area contributed by atoms with Crippen LogP contribution in [0, 0.1) is 6.92 Å². The van der Waals surface area contributed by atoms with E-state index in [-0.39, 0.29) is 0 Å². The monoisotopic (exact) mass is 336 g/mol. The zero-order chi connectivity index (χ0) is 17.5. The summed E-state index contributed by atoms with van der Waals surface area (Å²) < 4.78 is 0. The number of hydrogen-bond acceptors (Lipinski definition) is 0. The van der Waals surface area contributed by atoms with Crippen molar-refractivity contribution in [2.45, 2.75) is 86.0 Å². The van der Waals surface area contributed by atoms with E-state index in [1.54, 1.807) is 18.5 Å². The number of unbranched alkanes of at least 4 members (excludes halogenated alkanes) is 3. The molecule has 0 spiro atoms. The van der Waals surface area contributed by atoms with Crippen LogP contribution in [0.25, 0.3) is 0 Å². The van der Waals surface area contributed by atoms with E-state index in [1.165, 1.54) is 49.7 Å². The fourth-order valence-electron chi connectivity index (χ4n) is 2.43. The molecule has 0 bridgehead atoms. The van der Waals surface area contributed by atoms with Gasteiger partial charge in [0.25, 0.3) is 0 Å². The molecule has 1 aromatic carbocycles. The minimum atomic E-state index is 0.422. The second-order valence-corrected chi connectivity index (χ2v) is 9.65. The zero-order valence-electron chi connectivity index (χ0n) is 16.7. The van der Waals surface area contributed by atoms with E-state index >= 15 is 0 Å². The first-order valence-electron chi connectivity index (χ1n) is 9.83. The highest BCUT2D eigenvalue weighted by molar-refractivity contribution is 7.57. The van der Waals surface area contributed by atoms with Gasteiger partial charge < -0.3 is 0 Å². The molecule has 0 atom stereocenters. The molecule has 0 amide bonds. The summed E-state index contributed by atoms with van der Waals surface area (Å²) >= 11 is 0. The Morgan fingerprint density at radius 2 is 1.13 bits per heavy atom. The third kappa shape index (κ3) is 12.7. The van der Waals surface area contributed by atoms with Crippen LogP contribution in [0.4, 0.5) is 0 Å². The van der Waals surface area contributed by atoms with Crippen molar-refractivity contribution in [3.8, 4) is 0 Å². The molecule has 1 rings (SSSR count). The van der Waals surface area contributed by atoms with Crippen LogP contribution < -0.4 is 0 Å². The molecule has 1 aromatic rings. The molecule has 0 aliphatic heterocycles. The van der Waals surface area contributed by atoms with Gasteiger partial charge in [-0.3, -0.25) is 0 Å². The van der Waals surface area contributed by atoms with Crippen molar-refractivity contribution in [2.24, 2.45) is 0 Å². The van der Waals surface area contributed by atoms with Gasteiger partial charge >= 0.3 is 0 Å². The van der Waals surface area contributed by atoms with Crippen molar-refractivity contribution in [1.29, 1.82) is 0 Å². The maximum atomic E-state index is 2.31. The fraction of sp³-hybridized carbons (Fsp3) is 0.727. The lowest BCUT2D eigenvalue weighted by molar-refractivity contribution is 0.847. The van der Waals surface area contributed by atoms with Crippen molar-refractivity contribution in [1.82, 2.24) is 0 Å². The zero-order valence-corrected chi connectivity index (χ0v) is 17.6. The Morgan fingerprint density at radius 1 is 0.739 bits per heavy atom. The van der Waals surface area contributed by atoms with Crippen LogP contribution in [-0.2, 0) is 0 Å². The number of benzene rings is 1. The standard InChI is InChI=1S/C12H27P.C10H14/c1-4-7-10-13(11-8-5-2)12-9-6-3;1-8(2)10-6-4-9(3)5-7-10/h4-12H2,1-3H3;4-8H,1-3H3. The Labute approximate surface area is 148 Å². The summed E-state index contributed by atoms with van der Waals surface area (Å²) in [6.45, 7) is 13.5. The molecule has 0 heterocycles. The topological polar surface area (TPSA) is 0 Å². The lowest BCUT2D eigenvalue weighted by Gasteiger charge is -2.16. The normalized spacial score (nSPS) is 10.8. The second kappa shape index (κ2) is 15.2. The largest absolute Gasteiger partial charge is 0.107 e. The average Bonchev–Trinajstić information content (AvgIpc) is 2.55. The third-order valence-electron chi connectivity index (χ3n) is 4.23. The molecule has 0 saturated carbocycles. The second-order valence-electron chi connectivity index (χ2n) is 6.97. The van der Waals surface area contributed by atoms with Crippen molar-refractivity contribution in [3.05, 3.63) is 35.4 Å². The smallest absolute Gasteiger partial charge is 0.0219 e. The van der Waals surface area contributed by atoms with Gasteiger partial charge in [-0.05, 0) is 56.2 Å². The summed E-state index contributed by atoms with van der Waals surface area (Å²) in [5, 5.41) is 0. The van der Waals surface area contributed by atoms with Gasteiger partial charge in [0.15, 0.2) is 0 Å². The molecule has 0 aliphatic carbocycles. The van der Waals surface area contributed by atoms with Crippen LogP contribution >= 0.6 is 7.92 Å². The first-order chi connectivity index (χ1) is 11.0. The number of rotatable bonds is 10. The molecule has 0 nitrogen and oxygen atoms in total. The van der Waals surface area contributed by atoms with Gasteiger partial charge in [-0.1, -0.05) is 83.7 Å². The predicted molar refractivity (Wildman–Crippen MR) is 112 cm³/mol. The highest BCUT2D eigenvalue weighted by Crippen LogP contribution is 2.38. The Bertz CT molecular complexity index is 334. The van der Waals surface area contributed by atoms with Crippen molar-refractivity contribution in [2.75, 3.05) is 18.5 Å². The van der Waals surface area contributed by atoms with Crippen LogP contribution in [0.5, 0.6) is 0 Å². The van der Waals surface area contributed by atoms with Gasteiger partial charge in [0.05, 0.1) is 0 Å². The van der Waals surface area contributed by atoms with E-state index in [2.05, 4.69) is 65.8 Å². The van der Waals surface area contributed by atoms with Crippen LogP contribution in [0.3, 0.4) is 0 Å². The molecule has 0 radical (unpaired) electrons. The Balaban J connectivity index is 0.000000433. The minimum Gasteiger partial charge on any atom is -0.107 e. The number of aryl methyl sites for hydroxylation is 1. The fourth-order valence-corrected chi connectivity index (χ4v) is 5.39. The van der Waals surface area contributed by atoms with Crippen LogP contribution in [0.2, 0.25) is 0 Å². The first kappa shape index (κ1) is 22.6. The van der Waals surface area contributed by atoms with Crippen LogP contribution in [0.15, 0.2) is 24.3 Å². The van der Waals surface area contributed by atoms with Gasteiger partial charge in [-0.25, -0.2) is 0 Å². The SMILES string of the molecule is CCCCP(CCCC)CCCC.Cc1ccc(C(C)C)cc1. The van der Waals surface area contributed by atoms with Crippen molar-refractivity contribution < 1.29 is 0 Å². The highest BCUT2D eigenvalue weighted by Gasteiger charge is 2.05. The summed E-state index contributed by atoms with van der Waals surface area (Å²) in [5.74, 6) is 0.653. The van der Waals surface area contributed by atoms with Gasteiger partial charge in [0.2, 0.25) is 0 Å². The maximum absolute atomic E-state index is 2.31. The van der Waals surface area contributed by atoms with E-state index in [0.717, 1.165) is 0 Å². The molecular formula is C22H41P. The Hall–Kier alpha value is -0.350. The van der Waals surface area contributed by atoms with E-state index in [1.807, 2.05) is 0 Å². The summed E-state index contributed by atoms with van der Waals surface area (Å²) in [7, 11) is 0.422. The first-order valence-corrected chi connectivity index (χ1v) is 11.7. The highest BCUT2D eigenvalue weighted by atomic mass is 31.1. The maximum Gasteiger partial charge on any atom is -0.0219 e. The molecule has 0 saturated heterocycles. The lowest BCUT2D eigenvalue weighted by Crippen LogP contribution is -1.95. The summed E-state index contributed by atoms with van der Waals surface area (Å²) in [6.07, 6.45) is 13.2. The Morgan fingerprint density at radius 3 is 1.43 bits per heavy atom. The summed E-state index contributed by atoms with van der Waals surface area (Å²) in [5.41, 5.74) is 2.76. The third-order valence-corrected chi connectivity index (χ3v) is 7.07. The minimum absolute atomic E-state index is 0.422. The predicted octanol–water partition coefficient (Wildman–Crippen LogP) is 7.99. The molecule has 1 heteroatoms. The molecule has 0 fully saturated rings. The van der Waals surface area contributed by atoms with Crippen LogP contribution in [0.1, 0.15) is 90.2 Å². The van der Waals surface area contributed by atoms with Crippen LogP contribution in [-0.4, -0.2) is 18.5 Å². The van der Waals surface area contributed by atoms with Gasteiger partial charge in [-0.2, -0.15) is 0 Å². The van der Waals surface area contributed by atoms with Crippen molar-refractivity contribution >= 4 is 7.92 Å². The summed E-state index contributed by atoms with van der Waals surface area (Å²) in [4.78, 5) is 0. The van der Waals surface area contributed by atoms with Gasteiger partial charge in [0.1, 0.15) is 0 Å². The van der Waals surface area contributed by atoms with E-state index < -0.39 is 0 Å². The number of hydrogen-bond donors (Lipinski definition) is 0. The molecule has 0 aromatic heterocycles. The van der Waals surface area contributed by atoms with E-state index in [9.17, 15) is 0 Å². The van der Waals surface area contributed by atoms with E-state index in [0.29, 0.717) is 13.8 Å². The van der Waals surface area contributed by atoms with Crippen molar-refractivity contribution in [3.63, 3.8) is 0 Å². The Kier molecular flexibility index (Phi) is 15.0. The summed E-state index contributed by atoms with van der Waals surface area (Å²) in [6, 6.07) is 8.71. The van der Waals surface area contributed by atoms with E-state index in [4.69, 9.17) is 0 Å². The molecular weight excluding hydrogens is 295 g/mol. The van der Waals surface area contributed by atoms with Gasteiger partial charge in [0, 0.05) is 0 Å².